The highest BCUT2D eigenvalue weighted by molar-refractivity contribution is 5.94. The molecule has 0 atom stereocenters. The average Bonchev–Trinajstić information content (AvgIpc) is 2.86. The SMILES string of the molecule is CC(=O)c1ccnc(N2CCn3ccnc3C2)c1. The van der Waals surface area contributed by atoms with Gasteiger partial charge in [0, 0.05) is 37.2 Å². The van der Waals surface area contributed by atoms with E-state index in [1.54, 1.807) is 19.2 Å². The number of anilines is 1. The van der Waals surface area contributed by atoms with Gasteiger partial charge in [0.1, 0.15) is 11.6 Å². The molecule has 5 heteroatoms. The standard InChI is InChI=1S/C13H14N4O/c1-10(18)11-2-3-14-12(8-11)17-7-6-16-5-4-15-13(16)9-17/h2-5,8H,6-7,9H2,1H3. The molecule has 0 spiro atoms. The predicted octanol–water partition coefficient (Wildman–Crippen LogP) is 1.50. The topological polar surface area (TPSA) is 51.0 Å². The fourth-order valence-electron chi connectivity index (χ4n) is 2.18. The molecule has 0 N–H and O–H groups in total. The van der Waals surface area contributed by atoms with E-state index in [1.807, 2.05) is 18.5 Å². The Morgan fingerprint density at radius 1 is 1.28 bits per heavy atom. The van der Waals surface area contributed by atoms with Crippen LogP contribution < -0.4 is 4.90 Å². The van der Waals surface area contributed by atoms with Crippen LogP contribution in [0.5, 0.6) is 0 Å². The van der Waals surface area contributed by atoms with Gasteiger partial charge < -0.3 is 9.47 Å². The number of rotatable bonds is 2. The summed E-state index contributed by atoms with van der Waals surface area (Å²) in [4.78, 5) is 22.2. The first-order valence-corrected chi connectivity index (χ1v) is 5.96. The second kappa shape index (κ2) is 4.25. The first-order valence-electron chi connectivity index (χ1n) is 5.96. The summed E-state index contributed by atoms with van der Waals surface area (Å²) in [6.45, 7) is 4.10. The number of hydrogen-bond acceptors (Lipinski definition) is 4. The van der Waals surface area contributed by atoms with Gasteiger partial charge >= 0.3 is 0 Å². The largest absolute Gasteiger partial charge is 0.347 e. The van der Waals surface area contributed by atoms with Crippen molar-refractivity contribution < 1.29 is 4.79 Å². The minimum atomic E-state index is 0.0668. The molecule has 18 heavy (non-hydrogen) atoms. The lowest BCUT2D eigenvalue weighted by Gasteiger charge is -2.28. The number of imidazole rings is 1. The first-order chi connectivity index (χ1) is 8.74. The third-order valence-corrected chi connectivity index (χ3v) is 3.22. The van der Waals surface area contributed by atoms with Gasteiger partial charge in [-0.1, -0.05) is 0 Å². The van der Waals surface area contributed by atoms with Gasteiger partial charge in [0.15, 0.2) is 5.78 Å². The molecule has 1 aliphatic rings. The molecular formula is C13H14N4O. The normalized spacial score (nSPS) is 14.4. The van der Waals surface area contributed by atoms with Crippen LogP contribution in [0.15, 0.2) is 30.7 Å². The molecule has 3 rings (SSSR count). The monoisotopic (exact) mass is 242 g/mol. The fourth-order valence-corrected chi connectivity index (χ4v) is 2.18. The molecule has 2 aromatic heterocycles. The van der Waals surface area contributed by atoms with E-state index in [4.69, 9.17) is 0 Å². The molecule has 0 amide bonds. The molecule has 3 heterocycles. The molecule has 0 bridgehead atoms. The number of hydrogen-bond donors (Lipinski definition) is 0. The third-order valence-electron chi connectivity index (χ3n) is 3.22. The summed E-state index contributed by atoms with van der Waals surface area (Å²) in [5.41, 5.74) is 0.703. The molecule has 0 aliphatic carbocycles. The zero-order chi connectivity index (χ0) is 12.5. The molecule has 0 fully saturated rings. The molecule has 0 radical (unpaired) electrons. The van der Waals surface area contributed by atoms with Crippen LogP contribution in [0.4, 0.5) is 5.82 Å². The lowest BCUT2D eigenvalue weighted by Crippen LogP contribution is -2.34. The number of carbonyl (C=O) groups is 1. The van der Waals surface area contributed by atoms with Crippen LogP contribution in [0.1, 0.15) is 23.1 Å². The first kappa shape index (κ1) is 11.0. The Hall–Kier alpha value is -2.17. The molecule has 0 saturated heterocycles. The molecule has 0 aromatic carbocycles. The van der Waals surface area contributed by atoms with Gasteiger partial charge in [-0.25, -0.2) is 9.97 Å². The number of Topliss-reactive ketones (excluding diaryl/α,β-unsaturated/α-hetero) is 1. The zero-order valence-corrected chi connectivity index (χ0v) is 10.2. The second-order valence-electron chi connectivity index (χ2n) is 4.42. The summed E-state index contributed by atoms with van der Waals surface area (Å²) in [6, 6.07) is 3.59. The van der Waals surface area contributed by atoms with E-state index in [9.17, 15) is 4.79 Å². The third kappa shape index (κ3) is 1.88. The van der Waals surface area contributed by atoms with E-state index in [0.717, 1.165) is 31.3 Å². The van der Waals surface area contributed by atoms with Gasteiger partial charge in [0.05, 0.1) is 6.54 Å². The van der Waals surface area contributed by atoms with Crippen LogP contribution in [0.2, 0.25) is 0 Å². The van der Waals surface area contributed by atoms with Crippen molar-refractivity contribution in [2.45, 2.75) is 20.0 Å². The van der Waals surface area contributed by atoms with E-state index < -0.39 is 0 Å². The molecule has 5 nitrogen and oxygen atoms in total. The summed E-state index contributed by atoms with van der Waals surface area (Å²) in [5, 5.41) is 0. The van der Waals surface area contributed by atoms with Gasteiger partial charge in [-0.3, -0.25) is 4.79 Å². The number of aromatic nitrogens is 3. The Morgan fingerprint density at radius 2 is 2.17 bits per heavy atom. The maximum Gasteiger partial charge on any atom is 0.159 e. The van der Waals surface area contributed by atoms with Gasteiger partial charge in [0.25, 0.3) is 0 Å². The van der Waals surface area contributed by atoms with Crippen LogP contribution in [-0.4, -0.2) is 26.9 Å². The number of nitrogens with zero attached hydrogens (tertiary/aromatic N) is 4. The lowest BCUT2D eigenvalue weighted by atomic mass is 10.2. The van der Waals surface area contributed by atoms with E-state index in [-0.39, 0.29) is 5.78 Å². The van der Waals surface area contributed by atoms with Gasteiger partial charge in [-0.2, -0.15) is 0 Å². The lowest BCUT2D eigenvalue weighted by molar-refractivity contribution is 0.101. The Kier molecular flexibility index (Phi) is 2.59. The molecular weight excluding hydrogens is 228 g/mol. The summed E-state index contributed by atoms with van der Waals surface area (Å²) in [5.74, 6) is 1.95. The quantitative estimate of drug-likeness (QED) is 0.749. The minimum Gasteiger partial charge on any atom is -0.347 e. The summed E-state index contributed by atoms with van der Waals surface area (Å²) >= 11 is 0. The van der Waals surface area contributed by atoms with E-state index in [2.05, 4.69) is 19.4 Å². The van der Waals surface area contributed by atoms with Gasteiger partial charge in [-0.05, 0) is 19.1 Å². The van der Waals surface area contributed by atoms with Crippen molar-refractivity contribution in [2.24, 2.45) is 0 Å². The van der Waals surface area contributed by atoms with Crippen molar-refractivity contribution in [3.05, 3.63) is 42.1 Å². The van der Waals surface area contributed by atoms with Crippen LogP contribution in [-0.2, 0) is 13.1 Å². The van der Waals surface area contributed by atoms with Crippen LogP contribution in [0.3, 0.4) is 0 Å². The Labute approximate surface area is 105 Å². The summed E-state index contributed by atoms with van der Waals surface area (Å²) in [6.07, 6.45) is 5.50. The Bertz CT molecular complexity index is 590. The molecule has 92 valence electrons. The number of fused-ring (bicyclic) bond motifs is 1. The number of carbonyl (C=O) groups excluding carboxylic acids is 1. The number of pyridine rings is 1. The minimum absolute atomic E-state index is 0.0668. The smallest absolute Gasteiger partial charge is 0.159 e. The predicted molar refractivity (Wildman–Crippen MR) is 67.5 cm³/mol. The van der Waals surface area contributed by atoms with Gasteiger partial charge in [-0.15, -0.1) is 0 Å². The maximum absolute atomic E-state index is 11.4. The average molecular weight is 242 g/mol. The zero-order valence-electron chi connectivity index (χ0n) is 10.2. The van der Waals surface area contributed by atoms with Crippen LogP contribution >= 0.6 is 0 Å². The van der Waals surface area contributed by atoms with E-state index >= 15 is 0 Å². The van der Waals surface area contributed by atoms with Crippen molar-refractivity contribution in [2.75, 3.05) is 11.4 Å². The van der Waals surface area contributed by atoms with Crippen molar-refractivity contribution >= 4 is 11.6 Å². The van der Waals surface area contributed by atoms with Gasteiger partial charge in [0.2, 0.25) is 0 Å². The highest BCUT2D eigenvalue weighted by atomic mass is 16.1. The fraction of sp³-hybridized carbons (Fsp3) is 0.308. The Balaban J connectivity index is 1.88. The van der Waals surface area contributed by atoms with Crippen LogP contribution in [0.25, 0.3) is 0 Å². The van der Waals surface area contributed by atoms with Crippen molar-refractivity contribution in [1.82, 2.24) is 14.5 Å². The summed E-state index contributed by atoms with van der Waals surface area (Å²) in [7, 11) is 0. The Morgan fingerprint density at radius 3 is 3.00 bits per heavy atom. The van der Waals surface area contributed by atoms with E-state index in [0.29, 0.717) is 5.56 Å². The van der Waals surface area contributed by atoms with Crippen LogP contribution in [0, 0.1) is 0 Å². The molecule has 2 aromatic rings. The molecule has 0 unspecified atom stereocenters. The highest BCUT2D eigenvalue weighted by Gasteiger charge is 2.18. The van der Waals surface area contributed by atoms with Crippen molar-refractivity contribution in [1.29, 1.82) is 0 Å². The van der Waals surface area contributed by atoms with E-state index in [1.165, 1.54) is 0 Å². The highest BCUT2D eigenvalue weighted by Crippen LogP contribution is 2.19. The summed E-state index contributed by atoms with van der Waals surface area (Å²) < 4.78 is 2.14. The second-order valence-corrected chi connectivity index (χ2v) is 4.42. The number of ketones is 1. The molecule has 0 saturated carbocycles. The van der Waals surface area contributed by atoms with Crippen molar-refractivity contribution in [3.63, 3.8) is 0 Å². The van der Waals surface area contributed by atoms with Crippen molar-refractivity contribution in [3.8, 4) is 0 Å². The maximum atomic E-state index is 11.4. The molecule has 1 aliphatic heterocycles.